The van der Waals surface area contributed by atoms with Crippen molar-refractivity contribution in [2.45, 2.75) is 64.1 Å². The highest BCUT2D eigenvalue weighted by Crippen LogP contribution is 2.27. The molecule has 4 N–H and O–H groups in total. The number of hydrogen-bond donors (Lipinski definition) is 4. The summed E-state index contributed by atoms with van der Waals surface area (Å²) >= 11 is 2.58. The van der Waals surface area contributed by atoms with E-state index in [0.717, 1.165) is 5.56 Å². The Morgan fingerprint density at radius 2 is 1.64 bits per heavy atom. The van der Waals surface area contributed by atoms with E-state index in [1.165, 1.54) is 27.6 Å². The van der Waals surface area contributed by atoms with Gasteiger partial charge < -0.3 is 26.2 Å². The second kappa shape index (κ2) is 14.7. The summed E-state index contributed by atoms with van der Waals surface area (Å²) in [6.45, 7) is 4.22. The molecule has 1 saturated heterocycles. The lowest BCUT2D eigenvalue weighted by atomic mass is 10.0. The molecular formula is C31H37N7O5S2. The lowest BCUT2D eigenvalue weighted by Crippen LogP contribution is -2.44. The Morgan fingerprint density at radius 1 is 0.933 bits per heavy atom. The molecule has 5 rings (SSSR count). The molecule has 45 heavy (non-hydrogen) atoms. The SMILES string of the molecule is CC(C)[C@@H]1NC(=O)c2csc(n2)[C@H](Cc2ccccc2)NC(=O)CN(C(=O)C[C@@H]2CCC(=O)N2)CCCNC(=O)c2csc1n2. The number of nitrogens with one attached hydrogen (secondary N) is 4. The summed E-state index contributed by atoms with van der Waals surface area (Å²) in [7, 11) is 0. The number of hydrogen-bond acceptors (Lipinski definition) is 9. The van der Waals surface area contributed by atoms with Crippen molar-refractivity contribution in [3.8, 4) is 0 Å². The van der Waals surface area contributed by atoms with Crippen molar-refractivity contribution in [3.05, 3.63) is 68.1 Å². The quantitative estimate of drug-likeness (QED) is 0.330. The Morgan fingerprint density at radius 3 is 2.36 bits per heavy atom. The second-order valence-corrected chi connectivity index (χ2v) is 13.4. The number of carbonyl (C=O) groups excluding carboxylic acids is 5. The Bertz CT molecular complexity index is 1540. The van der Waals surface area contributed by atoms with E-state index in [0.29, 0.717) is 35.7 Å². The lowest BCUT2D eigenvalue weighted by molar-refractivity contribution is -0.136. The van der Waals surface area contributed by atoms with Crippen LogP contribution in [-0.4, -0.2) is 70.1 Å². The summed E-state index contributed by atoms with van der Waals surface area (Å²) in [6.07, 6.45) is 1.86. The third-order valence-electron chi connectivity index (χ3n) is 7.73. The molecule has 1 fully saturated rings. The summed E-state index contributed by atoms with van der Waals surface area (Å²) in [6, 6.07) is 8.41. The van der Waals surface area contributed by atoms with Crippen molar-refractivity contribution in [3.63, 3.8) is 0 Å². The van der Waals surface area contributed by atoms with Gasteiger partial charge in [0, 0.05) is 42.7 Å². The van der Waals surface area contributed by atoms with Gasteiger partial charge in [0.15, 0.2) is 0 Å². The minimum atomic E-state index is -0.540. The molecule has 3 aromatic rings. The maximum atomic E-state index is 13.5. The molecule has 0 radical (unpaired) electrons. The highest BCUT2D eigenvalue weighted by molar-refractivity contribution is 7.10. The molecule has 0 saturated carbocycles. The number of amides is 5. The predicted molar refractivity (Wildman–Crippen MR) is 170 cm³/mol. The van der Waals surface area contributed by atoms with Gasteiger partial charge in [0.1, 0.15) is 21.4 Å². The zero-order valence-corrected chi connectivity index (χ0v) is 26.8. The van der Waals surface area contributed by atoms with Crippen LogP contribution in [0.5, 0.6) is 0 Å². The maximum absolute atomic E-state index is 13.5. The minimum absolute atomic E-state index is 0.00517. The first-order chi connectivity index (χ1) is 21.7. The van der Waals surface area contributed by atoms with E-state index in [1.54, 1.807) is 10.8 Å². The first-order valence-electron chi connectivity index (χ1n) is 15.1. The van der Waals surface area contributed by atoms with Crippen LogP contribution in [-0.2, 0) is 20.8 Å². The molecule has 3 atom stereocenters. The van der Waals surface area contributed by atoms with Crippen LogP contribution >= 0.6 is 22.7 Å². The molecule has 1 aromatic carbocycles. The third-order valence-corrected chi connectivity index (χ3v) is 9.61. The van der Waals surface area contributed by atoms with Gasteiger partial charge in [-0.1, -0.05) is 44.2 Å². The molecule has 5 amide bonds. The zero-order chi connectivity index (χ0) is 31.9. The van der Waals surface area contributed by atoms with Crippen molar-refractivity contribution in [1.82, 2.24) is 36.1 Å². The summed E-state index contributed by atoms with van der Waals surface area (Å²) in [4.78, 5) is 75.4. The van der Waals surface area contributed by atoms with Crippen LogP contribution in [0, 0.1) is 5.92 Å². The highest BCUT2D eigenvalue weighted by atomic mass is 32.1. The summed E-state index contributed by atoms with van der Waals surface area (Å²) < 4.78 is 0. The van der Waals surface area contributed by atoms with E-state index in [-0.39, 0.29) is 78.9 Å². The molecule has 2 aliphatic rings. The molecular weight excluding hydrogens is 615 g/mol. The fourth-order valence-corrected chi connectivity index (χ4v) is 7.17. The normalized spacial score (nSPS) is 21.7. The van der Waals surface area contributed by atoms with E-state index < -0.39 is 12.1 Å². The van der Waals surface area contributed by atoms with Crippen molar-refractivity contribution in [2.75, 3.05) is 19.6 Å². The Balaban J connectivity index is 1.42. The fraction of sp³-hybridized carbons (Fsp3) is 0.452. The molecule has 2 aromatic heterocycles. The molecule has 2 aliphatic heterocycles. The van der Waals surface area contributed by atoms with Gasteiger partial charge in [-0.2, -0.15) is 0 Å². The lowest BCUT2D eigenvalue weighted by Gasteiger charge is -2.25. The van der Waals surface area contributed by atoms with Crippen LogP contribution in [0.1, 0.15) is 88.2 Å². The van der Waals surface area contributed by atoms with E-state index in [9.17, 15) is 24.0 Å². The van der Waals surface area contributed by atoms with Crippen LogP contribution in [0.4, 0.5) is 0 Å². The molecule has 0 aliphatic carbocycles. The molecule has 4 heterocycles. The summed E-state index contributed by atoms with van der Waals surface area (Å²) in [5.74, 6) is -1.47. The van der Waals surface area contributed by atoms with Crippen LogP contribution < -0.4 is 21.3 Å². The number of fused-ring (bicyclic) bond motifs is 4. The van der Waals surface area contributed by atoms with E-state index in [2.05, 4.69) is 31.2 Å². The maximum Gasteiger partial charge on any atom is 0.271 e. The fourth-order valence-electron chi connectivity index (χ4n) is 5.30. The number of benzene rings is 1. The van der Waals surface area contributed by atoms with Gasteiger partial charge in [0.05, 0.1) is 18.6 Å². The van der Waals surface area contributed by atoms with E-state index in [1.807, 2.05) is 44.2 Å². The van der Waals surface area contributed by atoms with Gasteiger partial charge in [-0.3, -0.25) is 24.0 Å². The Kier molecular flexibility index (Phi) is 10.6. The molecule has 0 unspecified atom stereocenters. The second-order valence-electron chi connectivity index (χ2n) is 11.6. The van der Waals surface area contributed by atoms with Gasteiger partial charge in [0.25, 0.3) is 11.8 Å². The number of carbonyl (C=O) groups is 5. The Labute approximate surface area is 269 Å². The minimum Gasteiger partial charge on any atom is -0.353 e. The van der Waals surface area contributed by atoms with Crippen molar-refractivity contribution in [1.29, 1.82) is 0 Å². The van der Waals surface area contributed by atoms with Crippen molar-refractivity contribution < 1.29 is 24.0 Å². The highest BCUT2D eigenvalue weighted by Gasteiger charge is 2.29. The van der Waals surface area contributed by atoms with E-state index >= 15 is 0 Å². The average molecular weight is 652 g/mol. The third kappa shape index (κ3) is 8.51. The molecule has 4 bridgehead atoms. The van der Waals surface area contributed by atoms with Gasteiger partial charge in [-0.25, -0.2) is 9.97 Å². The topological polar surface area (TPSA) is 162 Å². The van der Waals surface area contributed by atoms with Crippen LogP contribution in [0.3, 0.4) is 0 Å². The van der Waals surface area contributed by atoms with Crippen molar-refractivity contribution >= 4 is 52.2 Å². The number of aromatic nitrogens is 2. The molecule has 0 spiro atoms. The number of rotatable bonds is 5. The first-order valence-corrected chi connectivity index (χ1v) is 16.8. The number of nitrogens with zero attached hydrogens (tertiary/aromatic N) is 3. The first kappa shape index (κ1) is 32.2. The monoisotopic (exact) mass is 651 g/mol. The smallest absolute Gasteiger partial charge is 0.271 e. The van der Waals surface area contributed by atoms with E-state index in [4.69, 9.17) is 0 Å². The van der Waals surface area contributed by atoms with Gasteiger partial charge >= 0.3 is 0 Å². The van der Waals surface area contributed by atoms with Crippen LogP contribution in [0.15, 0.2) is 41.1 Å². The zero-order valence-electron chi connectivity index (χ0n) is 25.2. The van der Waals surface area contributed by atoms with Gasteiger partial charge in [-0.05, 0) is 30.7 Å². The van der Waals surface area contributed by atoms with Crippen LogP contribution in [0.2, 0.25) is 0 Å². The standard InChI is InChI=1S/C31H37N7O5S2/c1-18(2)27-31-36-22(16-45-31)28(42)32-11-6-12-38(26(41)14-20-9-10-24(39)33-20)15-25(40)34-21(13-19-7-4-3-5-8-19)30-35-23(17-44-30)29(43)37-27/h3-5,7-8,16-18,20-21,27H,6,9-15H2,1-2H3,(H,32,42)(H,33,39)(H,34,40)(H,37,43)/t20-,21-,27-/m0/s1. The van der Waals surface area contributed by atoms with Gasteiger partial charge in [0.2, 0.25) is 17.7 Å². The molecule has 238 valence electrons. The predicted octanol–water partition coefficient (Wildman–Crippen LogP) is 2.76. The summed E-state index contributed by atoms with van der Waals surface area (Å²) in [5, 5.41) is 16.2. The van der Waals surface area contributed by atoms with Crippen molar-refractivity contribution in [2.24, 2.45) is 5.92 Å². The Hall–Kier alpha value is -4.17. The largest absolute Gasteiger partial charge is 0.353 e. The number of thiazole rings is 2. The van der Waals surface area contributed by atoms with Crippen LogP contribution in [0.25, 0.3) is 0 Å². The molecule has 12 nitrogen and oxygen atoms in total. The molecule has 14 heteroatoms. The average Bonchev–Trinajstić information content (AvgIpc) is 3.78. The van der Waals surface area contributed by atoms with Gasteiger partial charge in [-0.15, -0.1) is 22.7 Å². The summed E-state index contributed by atoms with van der Waals surface area (Å²) in [5.41, 5.74) is 1.44.